The monoisotopic (exact) mass is 337 g/mol. The lowest BCUT2D eigenvalue weighted by Crippen LogP contribution is -2.24. The number of hydrogen-bond acceptors (Lipinski definition) is 3. The molecular weight excluding hydrogens is 318 g/mol. The number of para-hydroxylation sites is 1. The number of ketones is 1. The number of rotatable bonds is 4. The summed E-state index contributed by atoms with van der Waals surface area (Å²) in [5, 5.41) is 8.76. The van der Waals surface area contributed by atoms with E-state index < -0.39 is 5.97 Å². The first kappa shape index (κ1) is 16.9. The summed E-state index contributed by atoms with van der Waals surface area (Å²) in [6, 6.07) is 13.1. The van der Waals surface area contributed by atoms with E-state index in [1.54, 1.807) is 17.0 Å². The summed E-state index contributed by atoms with van der Waals surface area (Å²) >= 11 is 0. The number of carbonyl (C=O) groups is 3. The number of carboxylic acid groups (broad SMARTS) is 1. The molecule has 128 valence electrons. The minimum Gasteiger partial charge on any atom is -0.481 e. The summed E-state index contributed by atoms with van der Waals surface area (Å²) in [6.45, 7) is 1.50. The van der Waals surface area contributed by atoms with Gasteiger partial charge in [-0.15, -0.1) is 0 Å². The smallest absolute Gasteiger partial charge is 0.303 e. The van der Waals surface area contributed by atoms with Gasteiger partial charge < -0.3 is 5.11 Å². The average Bonchev–Trinajstić information content (AvgIpc) is 2.75. The van der Waals surface area contributed by atoms with Crippen LogP contribution in [0.1, 0.15) is 41.3 Å². The molecule has 0 bridgehead atoms. The Morgan fingerprint density at radius 2 is 1.64 bits per heavy atom. The van der Waals surface area contributed by atoms with Crippen LogP contribution < -0.4 is 4.90 Å². The van der Waals surface area contributed by atoms with Crippen LogP contribution in [0.15, 0.2) is 42.5 Å². The van der Waals surface area contributed by atoms with Gasteiger partial charge in [0.05, 0.1) is 17.8 Å². The molecule has 0 radical (unpaired) electrons. The molecule has 5 heteroatoms. The molecule has 0 atom stereocenters. The Labute approximate surface area is 145 Å². The first-order valence-electron chi connectivity index (χ1n) is 8.24. The molecule has 0 saturated heterocycles. The number of nitrogens with zero attached hydrogens (tertiary/aromatic N) is 1. The van der Waals surface area contributed by atoms with Gasteiger partial charge in [0, 0.05) is 18.9 Å². The molecule has 2 aromatic rings. The van der Waals surface area contributed by atoms with Gasteiger partial charge in [0.25, 0.3) is 0 Å². The molecular formula is C20H19NO4. The van der Waals surface area contributed by atoms with Crippen LogP contribution in [-0.4, -0.2) is 22.8 Å². The predicted molar refractivity (Wildman–Crippen MR) is 94.3 cm³/mol. The number of fused-ring (bicyclic) bond motifs is 2. The third kappa shape index (κ3) is 3.45. The van der Waals surface area contributed by atoms with Crippen molar-refractivity contribution in [3.8, 4) is 0 Å². The SMILES string of the molecule is CC(=O)N1c2ccccc2CCc2ccc(C(=O)CCC(=O)O)cc21. The van der Waals surface area contributed by atoms with Crippen LogP contribution in [0.4, 0.5) is 11.4 Å². The van der Waals surface area contributed by atoms with Crippen LogP contribution >= 0.6 is 0 Å². The highest BCUT2D eigenvalue weighted by molar-refractivity contribution is 6.04. The van der Waals surface area contributed by atoms with Crippen molar-refractivity contribution < 1.29 is 19.5 Å². The van der Waals surface area contributed by atoms with Crippen LogP contribution in [-0.2, 0) is 22.4 Å². The van der Waals surface area contributed by atoms with E-state index in [9.17, 15) is 14.4 Å². The maximum absolute atomic E-state index is 12.3. The van der Waals surface area contributed by atoms with Crippen LogP contribution in [0.5, 0.6) is 0 Å². The van der Waals surface area contributed by atoms with Crippen molar-refractivity contribution in [2.75, 3.05) is 4.90 Å². The van der Waals surface area contributed by atoms with Crippen molar-refractivity contribution >= 4 is 29.0 Å². The van der Waals surface area contributed by atoms with E-state index in [2.05, 4.69) is 0 Å². The fourth-order valence-electron chi connectivity index (χ4n) is 3.20. The van der Waals surface area contributed by atoms with E-state index in [1.165, 1.54) is 6.92 Å². The second-order valence-corrected chi connectivity index (χ2v) is 6.14. The molecule has 25 heavy (non-hydrogen) atoms. The molecule has 1 amide bonds. The highest BCUT2D eigenvalue weighted by Crippen LogP contribution is 2.36. The summed E-state index contributed by atoms with van der Waals surface area (Å²) in [5.74, 6) is -1.35. The first-order valence-corrected chi connectivity index (χ1v) is 8.24. The molecule has 0 fully saturated rings. The van der Waals surface area contributed by atoms with Crippen LogP contribution in [0.25, 0.3) is 0 Å². The van der Waals surface area contributed by atoms with Crippen LogP contribution in [0, 0.1) is 0 Å². The summed E-state index contributed by atoms with van der Waals surface area (Å²) in [6.07, 6.45) is 1.35. The van der Waals surface area contributed by atoms with Crippen molar-refractivity contribution in [3.05, 3.63) is 59.2 Å². The van der Waals surface area contributed by atoms with E-state index in [4.69, 9.17) is 5.11 Å². The zero-order valence-electron chi connectivity index (χ0n) is 14.0. The Balaban J connectivity index is 2.04. The zero-order valence-corrected chi connectivity index (χ0v) is 14.0. The fourth-order valence-corrected chi connectivity index (χ4v) is 3.20. The molecule has 0 saturated carbocycles. The standard InChI is InChI=1S/C20H19NO4/c1-13(22)21-17-5-3-2-4-14(17)6-7-15-8-9-16(12-18(15)21)19(23)10-11-20(24)25/h2-5,8-9,12H,6-7,10-11H2,1H3,(H,24,25). The lowest BCUT2D eigenvalue weighted by atomic mass is 10.00. The highest BCUT2D eigenvalue weighted by Gasteiger charge is 2.24. The molecule has 0 aliphatic carbocycles. The van der Waals surface area contributed by atoms with Crippen molar-refractivity contribution in [1.29, 1.82) is 0 Å². The van der Waals surface area contributed by atoms with Crippen molar-refractivity contribution in [3.63, 3.8) is 0 Å². The van der Waals surface area contributed by atoms with Gasteiger partial charge in [-0.05, 0) is 36.1 Å². The van der Waals surface area contributed by atoms with E-state index in [1.807, 2.05) is 30.3 Å². The second-order valence-electron chi connectivity index (χ2n) is 6.14. The van der Waals surface area contributed by atoms with Crippen LogP contribution in [0.2, 0.25) is 0 Å². The lowest BCUT2D eigenvalue weighted by molar-refractivity contribution is -0.137. The topological polar surface area (TPSA) is 74.7 Å². The second kappa shape index (κ2) is 6.89. The van der Waals surface area contributed by atoms with Gasteiger partial charge in [-0.25, -0.2) is 0 Å². The molecule has 1 N–H and O–H groups in total. The number of carboxylic acids is 1. The average molecular weight is 337 g/mol. The zero-order chi connectivity index (χ0) is 18.0. The molecule has 5 nitrogen and oxygen atoms in total. The molecule has 1 aliphatic heterocycles. The van der Waals surface area contributed by atoms with E-state index in [0.717, 1.165) is 29.7 Å². The number of aliphatic carboxylic acids is 1. The Morgan fingerprint density at radius 1 is 0.960 bits per heavy atom. The van der Waals surface area contributed by atoms with Gasteiger partial charge in [-0.2, -0.15) is 0 Å². The molecule has 0 aromatic heterocycles. The van der Waals surface area contributed by atoms with Crippen LogP contribution in [0.3, 0.4) is 0 Å². The summed E-state index contributed by atoms with van der Waals surface area (Å²) < 4.78 is 0. The quantitative estimate of drug-likeness (QED) is 0.866. The minimum absolute atomic E-state index is 0.0508. The van der Waals surface area contributed by atoms with Gasteiger partial charge in [0.2, 0.25) is 5.91 Å². The largest absolute Gasteiger partial charge is 0.481 e. The van der Waals surface area contributed by atoms with Gasteiger partial charge in [0.1, 0.15) is 0 Å². The van der Waals surface area contributed by atoms with Crippen molar-refractivity contribution in [2.45, 2.75) is 32.6 Å². The van der Waals surface area contributed by atoms with Gasteiger partial charge in [0.15, 0.2) is 5.78 Å². The fraction of sp³-hybridized carbons (Fsp3) is 0.250. The normalized spacial score (nSPS) is 12.8. The van der Waals surface area contributed by atoms with E-state index >= 15 is 0 Å². The molecule has 2 aromatic carbocycles. The number of benzene rings is 2. The Bertz CT molecular complexity index is 857. The highest BCUT2D eigenvalue weighted by atomic mass is 16.4. The number of aryl methyl sites for hydroxylation is 2. The third-order valence-corrected chi connectivity index (χ3v) is 4.43. The first-order chi connectivity index (χ1) is 12.0. The molecule has 0 spiro atoms. The summed E-state index contributed by atoms with van der Waals surface area (Å²) in [4.78, 5) is 36.9. The maximum Gasteiger partial charge on any atom is 0.303 e. The predicted octanol–water partition coefficient (Wildman–Crippen LogP) is 3.52. The van der Waals surface area contributed by atoms with Gasteiger partial charge in [-0.3, -0.25) is 19.3 Å². The Kier molecular flexibility index (Phi) is 4.65. The van der Waals surface area contributed by atoms with Gasteiger partial charge in [-0.1, -0.05) is 30.3 Å². The number of anilines is 2. The molecule has 1 aliphatic rings. The maximum atomic E-state index is 12.3. The van der Waals surface area contributed by atoms with Gasteiger partial charge >= 0.3 is 5.97 Å². The van der Waals surface area contributed by atoms with Crippen molar-refractivity contribution in [1.82, 2.24) is 0 Å². The molecule has 1 heterocycles. The minimum atomic E-state index is -0.998. The van der Waals surface area contributed by atoms with Crippen molar-refractivity contribution in [2.24, 2.45) is 0 Å². The third-order valence-electron chi connectivity index (χ3n) is 4.43. The number of carbonyl (C=O) groups excluding carboxylic acids is 2. The summed E-state index contributed by atoms with van der Waals surface area (Å²) in [5.41, 5.74) is 4.07. The Hall–Kier alpha value is -2.95. The number of amides is 1. The number of Topliss-reactive ketones (excluding diaryl/α,β-unsaturated/α-hetero) is 1. The van der Waals surface area contributed by atoms with E-state index in [-0.39, 0.29) is 24.5 Å². The molecule has 3 rings (SSSR count). The number of hydrogen-bond donors (Lipinski definition) is 1. The lowest BCUT2D eigenvalue weighted by Gasteiger charge is -2.24. The Morgan fingerprint density at radius 3 is 2.32 bits per heavy atom. The van der Waals surface area contributed by atoms with E-state index in [0.29, 0.717) is 11.3 Å². The summed E-state index contributed by atoms with van der Waals surface area (Å²) in [7, 11) is 0. The molecule has 0 unspecified atom stereocenters.